The van der Waals surface area contributed by atoms with Crippen LogP contribution >= 0.6 is 11.6 Å². The molecule has 9 heteroatoms. The van der Waals surface area contributed by atoms with Gasteiger partial charge in [0.2, 0.25) is 0 Å². The third kappa shape index (κ3) is 3.85. The SMILES string of the molecule is CCc1nn2c(C)c(C(=O)Nc3cc(OC)ccc3OC)nnc2c1-c1ccc(Cl)cc1. The molecule has 0 aliphatic rings. The number of ether oxygens (including phenoxy) is 2. The fourth-order valence-corrected chi connectivity index (χ4v) is 3.64. The van der Waals surface area contributed by atoms with E-state index in [2.05, 4.69) is 15.5 Å². The van der Waals surface area contributed by atoms with Gasteiger partial charge in [-0.05, 0) is 43.2 Å². The van der Waals surface area contributed by atoms with Crippen molar-refractivity contribution in [3.63, 3.8) is 0 Å². The van der Waals surface area contributed by atoms with Crippen molar-refractivity contribution in [2.75, 3.05) is 19.5 Å². The first-order chi connectivity index (χ1) is 15.5. The van der Waals surface area contributed by atoms with Crippen molar-refractivity contribution in [3.8, 4) is 22.6 Å². The summed E-state index contributed by atoms with van der Waals surface area (Å²) >= 11 is 6.04. The lowest BCUT2D eigenvalue weighted by Gasteiger charge is -2.12. The van der Waals surface area contributed by atoms with E-state index in [1.165, 1.54) is 7.11 Å². The summed E-state index contributed by atoms with van der Waals surface area (Å²) in [6.07, 6.45) is 0.698. The molecule has 0 saturated carbocycles. The molecule has 0 atom stereocenters. The van der Waals surface area contributed by atoms with E-state index in [9.17, 15) is 4.79 Å². The van der Waals surface area contributed by atoms with Gasteiger partial charge in [0, 0.05) is 11.1 Å². The van der Waals surface area contributed by atoms with Gasteiger partial charge in [0.15, 0.2) is 11.3 Å². The van der Waals surface area contributed by atoms with Gasteiger partial charge in [0.1, 0.15) is 11.5 Å². The molecule has 2 aromatic heterocycles. The van der Waals surface area contributed by atoms with Crippen LogP contribution in [0.4, 0.5) is 5.69 Å². The molecule has 0 fully saturated rings. The Labute approximate surface area is 190 Å². The second kappa shape index (κ2) is 8.84. The zero-order valence-electron chi connectivity index (χ0n) is 18.1. The Kier molecular flexibility index (Phi) is 5.96. The second-order valence-electron chi connectivity index (χ2n) is 7.07. The molecule has 0 aliphatic heterocycles. The van der Waals surface area contributed by atoms with E-state index in [0.717, 1.165) is 16.8 Å². The molecule has 32 heavy (non-hydrogen) atoms. The van der Waals surface area contributed by atoms with Crippen molar-refractivity contribution in [2.24, 2.45) is 0 Å². The Balaban J connectivity index is 1.76. The Morgan fingerprint density at radius 2 is 1.84 bits per heavy atom. The maximum atomic E-state index is 13.0. The highest BCUT2D eigenvalue weighted by Gasteiger charge is 2.22. The summed E-state index contributed by atoms with van der Waals surface area (Å²) in [7, 11) is 3.08. The van der Waals surface area contributed by atoms with Crippen LogP contribution in [0.1, 0.15) is 28.8 Å². The zero-order chi connectivity index (χ0) is 22.8. The van der Waals surface area contributed by atoms with Crippen LogP contribution in [0.5, 0.6) is 11.5 Å². The monoisotopic (exact) mass is 451 g/mol. The number of amides is 1. The molecular formula is C23H22ClN5O3. The fourth-order valence-electron chi connectivity index (χ4n) is 3.51. The molecule has 0 saturated heterocycles. The maximum Gasteiger partial charge on any atom is 0.278 e. The van der Waals surface area contributed by atoms with Crippen molar-refractivity contribution < 1.29 is 14.3 Å². The standard InChI is InChI=1S/C23H22ClN5O3/c1-5-17-20(14-6-8-15(24)9-7-14)22-27-26-21(13(2)29(22)28-17)23(30)25-18-12-16(31-3)10-11-19(18)32-4/h6-12H,5H2,1-4H3,(H,25,30). The number of halogens is 1. The third-order valence-electron chi connectivity index (χ3n) is 5.18. The molecular weight excluding hydrogens is 430 g/mol. The number of aromatic nitrogens is 4. The summed E-state index contributed by atoms with van der Waals surface area (Å²) in [4.78, 5) is 13.0. The van der Waals surface area contributed by atoms with Crippen LogP contribution < -0.4 is 14.8 Å². The summed E-state index contributed by atoms with van der Waals surface area (Å²) in [5, 5.41) is 16.8. The van der Waals surface area contributed by atoms with Crippen LogP contribution in [0.15, 0.2) is 42.5 Å². The summed E-state index contributed by atoms with van der Waals surface area (Å²) in [6.45, 7) is 3.81. The molecule has 0 aliphatic carbocycles. The molecule has 0 spiro atoms. The van der Waals surface area contributed by atoms with Crippen LogP contribution in [-0.4, -0.2) is 39.9 Å². The number of benzene rings is 2. The molecule has 0 bridgehead atoms. The van der Waals surface area contributed by atoms with Gasteiger partial charge in [-0.3, -0.25) is 4.79 Å². The normalized spacial score (nSPS) is 10.9. The lowest BCUT2D eigenvalue weighted by molar-refractivity contribution is 0.101. The van der Waals surface area contributed by atoms with E-state index in [-0.39, 0.29) is 5.69 Å². The molecule has 4 aromatic rings. The summed E-state index contributed by atoms with van der Waals surface area (Å²) in [5.41, 5.74) is 4.46. The summed E-state index contributed by atoms with van der Waals surface area (Å²) in [5.74, 6) is 0.667. The molecule has 1 N–H and O–H groups in total. The van der Waals surface area contributed by atoms with Crippen molar-refractivity contribution >= 4 is 28.8 Å². The van der Waals surface area contributed by atoms with Crippen LogP contribution in [0.3, 0.4) is 0 Å². The number of methoxy groups -OCH3 is 2. The van der Waals surface area contributed by atoms with Gasteiger partial charge in [-0.2, -0.15) is 5.10 Å². The first-order valence-corrected chi connectivity index (χ1v) is 10.4. The average Bonchev–Trinajstić information content (AvgIpc) is 3.19. The Morgan fingerprint density at radius 3 is 2.50 bits per heavy atom. The number of carbonyl (C=O) groups excluding carboxylic acids is 1. The number of hydrogen-bond donors (Lipinski definition) is 1. The third-order valence-corrected chi connectivity index (χ3v) is 5.43. The molecule has 164 valence electrons. The van der Waals surface area contributed by atoms with Gasteiger partial charge >= 0.3 is 0 Å². The van der Waals surface area contributed by atoms with E-state index in [1.807, 2.05) is 31.2 Å². The lowest BCUT2D eigenvalue weighted by Crippen LogP contribution is -2.19. The average molecular weight is 452 g/mol. The van der Waals surface area contributed by atoms with Crippen LogP contribution in [0.25, 0.3) is 16.8 Å². The lowest BCUT2D eigenvalue weighted by atomic mass is 10.0. The van der Waals surface area contributed by atoms with Gasteiger partial charge in [-0.1, -0.05) is 30.7 Å². The molecule has 2 aromatic carbocycles. The highest BCUT2D eigenvalue weighted by molar-refractivity contribution is 6.30. The summed E-state index contributed by atoms with van der Waals surface area (Å²) < 4.78 is 12.2. The van der Waals surface area contributed by atoms with Crippen molar-refractivity contribution in [1.29, 1.82) is 0 Å². The van der Waals surface area contributed by atoms with E-state index >= 15 is 0 Å². The topological polar surface area (TPSA) is 90.6 Å². The van der Waals surface area contributed by atoms with Gasteiger partial charge in [-0.15, -0.1) is 10.2 Å². The van der Waals surface area contributed by atoms with E-state index in [4.69, 9.17) is 26.2 Å². The van der Waals surface area contributed by atoms with Crippen molar-refractivity contribution in [1.82, 2.24) is 19.8 Å². The Bertz CT molecular complexity index is 1300. The van der Waals surface area contributed by atoms with E-state index in [0.29, 0.717) is 40.0 Å². The fraction of sp³-hybridized carbons (Fsp3) is 0.217. The number of anilines is 1. The maximum absolute atomic E-state index is 13.0. The number of fused-ring (bicyclic) bond motifs is 1. The largest absolute Gasteiger partial charge is 0.497 e. The zero-order valence-corrected chi connectivity index (χ0v) is 18.9. The highest BCUT2D eigenvalue weighted by Crippen LogP contribution is 2.31. The predicted octanol–water partition coefficient (Wildman–Crippen LogP) is 4.59. The Hall–Kier alpha value is -3.65. The molecule has 8 nitrogen and oxygen atoms in total. The van der Waals surface area contributed by atoms with Gasteiger partial charge in [0.05, 0.1) is 36.9 Å². The minimum absolute atomic E-state index is 0.162. The summed E-state index contributed by atoms with van der Waals surface area (Å²) in [6, 6.07) is 12.6. The smallest absolute Gasteiger partial charge is 0.278 e. The van der Waals surface area contributed by atoms with Gasteiger partial charge in [-0.25, -0.2) is 4.52 Å². The van der Waals surface area contributed by atoms with Gasteiger partial charge < -0.3 is 14.8 Å². The molecule has 1 amide bonds. The molecule has 0 unspecified atom stereocenters. The number of hydrogen-bond acceptors (Lipinski definition) is 6. The number of rotatable bonds is 6. The Morgan fingerprint density at radius 1 is 1.09 bits per heavy atom. The van der Waals surface area contributed by atoms with Crippen LogP contribution in [0.2, 0.25) is 5.02 Å². The highest BCUT2D eigenvalue weighted by atomic mass is 35.5. The molecule has 4 rings (SSSR count). The van der Waals surface area contributed by atoms with Crippen molar-refractivity contribution in [2.45, 2.75) is 20.3 Å². The van der Waals surface area contributed by atoms with E-state index in [1.54, 1.807) is 36.7 Å². The first kappa shape index (κ1) is 21.6. The molecule has 0 radical (unpaired) electrons. The van der Waals surface area contributed by atoms with E-state index < -0.39 is 5.91 Å². The number of carbonyl (C=O) groups is 1. The number of nitrogens with one attached hydrogen (secondary N) is 1. The predicted molar refractivity (Wildman–Crippen MR) is 123 cm³/mol. The molecule has 2 heterocycles. The number of aryl methyl sites for hydroxylation is 2. The van der Waals surface area contributed by atoms with Crippen LogP contribution in [-0.2, 0) is 6.42 Å². The van der Waals surface area contributed by atoms with Gasteiger partial charge in [0.25, 0.3) is 5.91 Å². The quantitative estimate of drug-likeness (QED) is 0.461. The van der Waals surface area contributed by atoms with Crippen molar-refractivity contribution in [3.05, 3.63) is 64.6 Å². The van der Waals surface area contributed by atoms with Crippen LogP contribution in [0, 0.1) is 6.92 Å². The minimum atomic E-state index is -0.426. The second-order valence-corrected chi connectivity index (χ2v) is 7.51. The first-order valence-electron chi connectivity index (χ1n) is 10.0. The minimum Gasteiger partial charge on any atom is -0.497 e. The number of nitrogens with zero attached hydrogens (tertiary/aromatic N) is 4.